The van der Waals surface area contributed by atoms with Crippen LogP contribution in [0.3, 0.4) is 0 Å². The van der Waals surface area contributed by atoms with Gasteiger partial charge in [-0.2, -0.15) is 0 Å². The third kappa shape index (κ3) is 2.58. The van der Waals surface area contributed by atoms with Crippen molar-refractivity contribution in [3.63, 3.8) is 0 Å². The number of nitrogen functional groups attached to an aromatic ring is 1. The quantitative estimate of drug-likeness (QED) is 0.757. The number of likely N-dealkylation sites (tertiary alicyclic amines) is 1. The second-order valence-electron chi connectivity index (χ2n) is 4.46. The molecular formula is C13H18N2O2. The maximum Gasteiger partial charge on any atom is 0.254 e. The molecule has 0 aliphatic carbocycles. The van der Waals surface area contributed by atoms with Crippen LogP contribution in [0.2, 0.25) is 0 Å². The SMILES string of the molecule is Nc1cccc(C(=O)N2CCCCC2CO)c1. The number of benzene rings is 1. The van der Waals surface area contributed by atoms with E-state index in [-0.39, 0.29) is 18.6 Å². The maximum absolute atomic E-state index is 12.3. The molecule has 0 spiro atoms. The minimum Gasteiger partial charge on any atom is -0.399 e. The van der Waals surface area contributed by atoms with Crippen LogP contribution < -0.4 is 5.73 Å². The number of anilines is 1. The van der Waals surface area contributed by atoms with Gasteiger partial charge in [0.2, 0.25) is 0 Å². The van der Waals surface area contributed by atoms with Gasteiger partial charge in [-0.15, -0.1) is 0 Å². The van der Waals surface area contributed by atoms with Gasteiger partial charge in [0.1, 0.15) is 0 Å². The van der Waals surface area contributed by atoms with E-state index in [1.165, 1.54) is 0 Å². The van der Waals surface area contributed by atoms with E-state index in [2.05, 4.69) is 0 Å². The third-order valence-corrected chi connectivity index (χ3v) is 3.23. The molecule has 1 aliphatic heterocycles. The summed E-state index contributed by atoms with van der Waals surface area (Å²) in [5.74, 6) is -0.0314. The Kier molecular flexibility index (Phi) is 3.64. The fourth-order valence-corrected chi connectivity index (χ4v) is 2.30. The van der Waals surface area contributed by atoms with E-state index in [4.69, 9.17) is 5.73 Å². The lowest BCUT2D eigenvalue weighted by Crippen LogP contribution is -2.45. The summed E-state index contributed by atoms with van der Waals surface area (Å²) in [6.45, 7) is 0.757. The molecule has 0 radical (unpaired) electrons. The Morgan fingerprint density at radius 3 is 3.00 bits per heavy atom. The number of hydrogen-bond donors (Lipinski definition) is 2. The number of nitrogens with two attached hydrogens (primary N) is 1. The zero-order chi connectivity index (χ0) is 12.3. The third-order valence-electron chi connectivity index (χ3n) is 3.23. The first kappa shape index (κ1) is 11.9. The van der Waals surface area contributed by atoms with Crippen molar-refractivity contribution in [3.8, 4) is 0 Å². The molecule has 1 aromatic rings. The predicted molar refractivity (Wildman–Crippen MR) is 66.6 cm³/mol. The number of aliphatic hydroxyl groups is 1. The van der Waals surface area contributed by atoms with Gasteiger partial charge in [-0.25, -0.2) is 0 Å². The van der Waals surface area contributed by atoms with Gasteiger partial charge in [-0.1, -0.05) is 6.07 Å². The summed E-state index contributed by atoms with van der Waals surface area (Å²) in [5.41, 5.74) is 6.87. The van der Waals surface area contributed by atoms with Gasteiger partial charge in [0.25, 0.3) is 5.91 Å². The topological polar surface area (TPSA) is 66.6 Å². The zero-order valence-corrected chi connectivity index (χ0v) is 9.80. The van der Waals surface area contributed by atoms with Crippen LogP contribution in [0.25, 0.3) is 0 Å². The lowest BCUT2D eigenvalue weighted by atomic mass is 10.0. The molecule has 17 heavy (non-hydrogen) atoms. The van der Waals surface area contributed by atoms with Gasteiger partial charge in [0.15, 0.2) is 0 Å². The van der Waals surface area contributed by atoms with E-state index in [0.717, 1.165) is 25.8 Å². The van der Waals surface area contributed by atoms with Crippen LogP contribution in [0.1, 0.15) is 29.6 Å². The lowest BCUT2D eigenvalue weighted by molar-refractivity contribution is 0.0503. The molecule has 0 bridgehead atoms. The summed E-state index contributed by atoms with van der Waals surface area (Å²) in [6, 6.07) is 6.95. The summed E-state index contributed by atoms with van der Waals surface area (Å²) in [7, 11) is 0. The van der Waals surface area contributed by atoms with Crippen molar-refractivity contribution in [1.82, 2.24) is 4.90 Å². The fourth-order valence-electron chi connectivity index (χ4n) is 2.30. The maximum atomic E-state index is 12.3. The minimum atomic E-state index is -0.0438. The van der Waals surface area contributed by atoms with E-state index >= 15 is 0 Å². The molecule has 1 atom stereocenters. The normalized spacial score (nSPS) is 20.3. The Balaban J connectivity index is 2.18. The Bertz CT molecular complexity index is 406. The van der Waals surface area contributed by atoms with Crippen molar-refractivity contribution < 1.29 is 9.90 Å². The first-order valence-electron chi connectivity index (χ1n) is 5.99. The number of nitrogens with zero attached hydrogens (tertiary/aromatic N) is 1. The van der Waals surface area contributed by atoms with Crippen LogP contribution in [0.5, 0.6) is 0 Å². The van der Waals surface area contributed by atoms with Gasteiger partial charge < -0.3 is 15.7 Å². The second-order valence-corrected chi connectivity index (χ2v) is 4.46. The van der Waals surface area contributed by atoms with Gasteiger partial charge in [-0.05, 0) is 37.5 Å². The molecule has 1 aliphatic rings. The summed E-state index contributed by atoms with van der Waals surface area (Å²) >= 11 is 0. The van der Waals surface area contributed by atoms with Gasteiger partial charge in [-0.3, -0.25) is 4.79 Å². The molecule has 4 heteroatoms. The average Bonchev–Trinajstić information content (AvgIpc) is 2.38. The van der Waals surface area contributed by atoms with Crippen molar-refractivity contribution in [2.24, 2.45) is 0 Å². The summed E-state index contributed by atoms with van der Waals surface area (Å²) in [6.07, 6.45) is 2.96. The summed E-state index contributed by atoms with van der Waals surface area (Å²) < 4.78 is 0. The number of amides is 1. The first-order valence-corrected chi connectivity index (χ1v) is 5.99. The minimum absolute atomic E-state index is 0.0314. The van der Waals surface area contributed by atoms with E-state index in [1.54, 1.807) is 29.2 Å². The van der Waals surface area contributed by atoms with E-state index in [1.807, 2.05) is 0 Å². The van der Waals surface area contributed by atoms with Crippen LogP contribution in [-0.2, 0) is 0 Å². The Morgan fingerprint density at radius 1 is 1.47 bits per heavy atom. The molecule has 1 unspecified atom stereocenters. The van der Waals surface area contributed by atoms with E-state index in [9.17, 15) is 9.90 Å². The summed E-state index contributed by atoms with van der Waals surface area (Å²) in [5, 5.41) is 9.29. The molecule has 1 heterocycles. The van der Waals surface area contributed by atoms with Crippen molar-refractivity contribution in [2.45, 2.75) is 25.3 Å². The Hall–Kier alpha value is -1.55. The van der Waals surface area contributed by atoms with Crippen molar-refractivity contribution in [1.29, 1.82) is 0 Å². The standard InChI is InChI=1S/C13H18N2O2/c14-11-5-3-4-10(8-11)13(17)15-7-2-1-6-12(15)9-16/h3-5,8,12,16H,1-2,6-7,9,14H2. The summed E-state index contributed by atoms with van der Waals surface area (Å²) in [4.78, 5) is 14.0. The van der Waals surface area contributed by atoms with E-state index in [0.29, 0.717) is 11.3 Å². The molecule has 0 aromatic heterocycles. The molecule has 1 fully saturated rings. The van der Waals surface area contributed by atoms with Crippen molar-refractivity contribution in [2.75, 3.05) is 18.9 Å². The van der Waals surface area contributed by atoms with Gasteiger partial charge in [0, 0.05) is 17.8 Å². The number of carbonyl (C=O) groups is 1. The van der Waals surface area contributed by atoms with Crippen LogP contribution in [0, 0.1) is 0 Å². The highest BCUT2D eigenvalue weighted by atomic mass is 16.3. The van der Waals surface area contributed by atoms with Crippen molar-refractivity contribution in [3.05, 3.63) is 29.8 Å². The number of hydrogen-bond acceptors (Lipinski definition) is 3. The average molecular weight is 234 g/mol. The predicted octanol–water partition coefficient (Wildman–Crippen LogP) is 1.26. The van der Waals surface area contributed by atoms with Crippen LogP contribution in [0.15, 0.2) is 24.3 Å². The number of carbonyl (C=O) groups excluding carboxylic acids is 1. The molecule has 4 nitrogen and oxygen atoms in total. The lowest BCUT2D eigenvalue weighted by Gasteiger charge is -2.34. The highest BCUT2D eigenvalue weighted by Gasteiger charge is 2.26. The molecule has 3 N–H and O–H groups in total. The largest absolute Gasteiger partial charge is 0.399 e. The number of piperidine rings is 1. The van der Waals surface area contributed by atoms with Crippen LogP contribution in [-0.4, -0.2) is 35.1 Å². The zero-order valence-electron chi connectivity index (χ0n) is 9.80. The number of rotatable bonds is 2. The van der Waals surface area contributed by atoms with Gasteiger partial charge in [0.05, 0.1) is 12.6 Å². The van der Waals surface area contributed by atoms with Crippen LogP contribution >= 0.6 is 0 Å². The van der Waals surface area contributed by atoms with Crippen molar-refractivity contribution >= 4 is 11.6 Å². The van der Waals surface area contributed by atoms with Crippen LogP contribution in [0.4, 0.5) is 5.69 Å². The molecule has 1 amide bonds. The monoisotopic (exact) mass is 234 g/mol. The molecule has 1 saturated heterocycles. The van der Waals surface area contributed by atoms with E-state index < -0.39 is 0 Å². The fraction of sp³-hybridized carbons (Fsp3) is 0.462. The first-order chi connectivity index (χ1) is 8.22. The molecule has 1 aromatic carbocycles. The Labute approximate surface area is 101 Å². The highest BCUT2D eigenvalue weighted by Crippen LogP contribution is 2.20. The highest BCUT2D eigenvalue weighted by molar-refractivity contribution is 5.95. The number of aliphatic hydroxyl groups excluding tert-OH is 1. The molecular weight excluding hydrogens is 216 g/mol. The molecule has 2 rings (SSSR count). The smallest absolute Gasteiger partial charge is 0.254 e. The molecule has 0 saturated carbocycles. The van der Waals surface area contributed by atoms with Gasteiger partial charge >= 0.3 is 0 Å². The molecule has 92 valence electrons. The Morgan fingerprint density at radius 2 is 2.29 bits per heavy atom. The second kappa shape index (κ2) is 5.19.